The molecule has 0 saturated heterocycles. The molecule has 0 bridgehead atoms. The van der Waals surface area contributed by atoms with Crippen molar-refractivity contribution < 1.29 is 24.5 Å². The van der Waals surface area contributed by atoms with E-state index >= 15 is 0 Å². The van der Waals surface area contributed by atoms with Crippen LogP contribution in [0.3, 0.4) is 0 Å². The number of aliphatic hydroxyl groups excluding tert-OH is 2. The summed E-state index contributed by atoms with van der Waals surface area (Å²) in [4.78, 5) is 24.6. The van der Waals surface area contributed by atoms with Gasteiger partial charge in [-0.05, 0) is 96.3 Å². The van der Waals surface area contributed by atoms with E-state index in [4.69, 9.17) is 4.74 Å². The maximum atomic E-state index is 12.5. The van der Waals surface area contributed by atoms with Gasteiger partial charge in [0.05, 0.1) is 25.4 Å². The molecular weight excluding hydrogens is 1020 g/mol. The van der Waals surface area contributed by atoms with Crippen LogP contribution in [0.4, 0.5) is 0 Å². The molecule has 3 N–H and O–H groups in total. The molecule has 2 unspecified atom stereocenters. The van der Waals surface area contributed by atoms with E-state index in [0.29, 0.717) is 19.4 Å². The molecule has 0 aromatic carbocycles. The number of nitrogens with one attached hydrogen (secondary N) is 1. The van der Waals surface area contributed by atoms with Crippen LogP contribution in [0.2, 0.25) is 0 Å². The molecule has 0 rings (SSSR count). The Morgan fingerprint density at radius 1 is 0.337 bits per heavy atom. The standard InChI is InChI=1S/C77H143NO5/c1-3-5-7-9-11-13-15-17-19-21-22-23-24-26-29-32-35-38-41-45-49-53-57-61-65-69-75(80)74(73-79)78-76(81)70-66-62-58-54-50-46-42-39-36-33-30-27-25-28-31-34-37-40-44-48-52-56-60-64-68-72-83-77(82)71-67-63-59-55-51-47-43-20-18-16-14-12-10-8-6-4-2/h14,16,20,27-28,30-31,43,65,69,74-75,79-80H,3-13,15,17-19,21-26,29,32-42,44-64,66-68,70-73H2,1-2H3,(H,78,81)/b16-14-,30-27-,31-28-,43-20-,69-65+. The molecule has 6 heteroatoms. The van der Waals surface area contributed by atoms with Crippen molar-refractivity contribution in [2.45, 2.75) is 405 Å². The Labute approximate surface area is 518 Å². The molecule has 0 aliphatic carbocycles. The van der Waals surface area contributed by atoms with E-state index in [1.165, 1.54) is 308 Å². The third-order valence-electron chi connectivity index (χ3n) is 17.0. The van der Waals surface area contributed by atoms with Crippen LogP contribution in [-0.2, 0) is 14.3 Å². The highest BCUT2D eigenvalue weighted by Gasteiger charge is 2.18. The van der Waals surface area contributed by atoms with Crippen LogP contribution >= 0.6 is 0 Å². The van der Waals surface area contributed by atoms with Gasteiger partial charge in [-0.2, -0.15) is 0 Å². The van der Waals surface area contributed by atoms with Gasteiger partial charge in [-0.3, -0.25) is 9.59 Å². The van der Waals surface area contributed by atoms with Crippen molar-refractivity contribution in [3.63, 3.8) is 0 Å². The fourth-order valence-corrected chi connectivity index (χ4v) is 11.3. The Morgan fingerprint density at radius 2 is 0.602 bits per heavy atom. The summed E-state index contributed by atoms with van der Waals surface area (Å²) >= 11 is 0. The Morgan fingerprint density at radius 3 is 0.928 bits per heavy atom. The highest BCUT2D eigenvalue weighted by atomic mass is 16.5. The Kier molecular flexibility index (Phi) is 69.9. The second kappa shape index (κ2) is 72.0. The summed E-state index contributed by atoms with van der Waals surface area (Å²) in [5.41, 5.74) is 0. The number of ether oxygens (including phenoxy) is 1. The summed E-state index contributed by atoms with van der Waals surface area (Å²) in [6.45, 7) is 4.90. The normalized spacial score (nSPS) is 12.9. The van der Waals surface area contributed by atoms with Gasteiger partial charge in [0.25, 0.3) is 0 Å². The number of allylic oxidation sites excluding steroid dienone is 9. The number of unbranched alkanes of at least 4 members (excludes halogenated alkanes) is 50. The van der Waals surface area contributed by atoms with Crippen LogP contribution in [-0.4, -0.2) is 47.4 Å². The number of hydrogen-bond donors (Lipinski definition) is 3. The minimum atomic E-state index is -0.852. The van der Waals surface area contributed by atoms with Crippen molar-refractivity contribution in [2.75, 3.05) is 13.2 Å². The number of amides is 1. The van der Waals surface area contributed by atoms with Gasteiger partial charge in [-0.15, -0.1) is 0 Å². The van der Waals surface area contributed by atoms with Crippen LogP contribution in [0.1, 0.15) is 393 Å². The summed E-state index contributed by atoms with van der Waals surface area (Å²) in [5, 5.41) is 23.3. The number of hydrogen-bond acceptors (Lipinski definition) is 5. The van der Waals surface area contributed by atoms with Gasteiger partial charge in [0.2, 0.25) is 5.91 Å². The summed E-state index contributed by atoms with van der Waals surface area (Å²) in [5.74, 6) is -0.0757. The van der Waals surface area contributed by atoms with E-state index in [9.17, 15) is 19.8 Å². The van der Waals surface area contributed by atoms with E-state index in [1.807, 2.05) is 6.08 Å². The zero-order valence-corrected chi connectivity index (χ0v) is 55.7. The molecule has 6 nitrogen and oxygen atoms in total. The molecule has 0 spiro atoms. The highest BCUT2D eigenvalue weighted by Crippen LogP contribution is 2.18. The molecule has 0 aromatic heterocycles. The van der Waals surface area contributed by atoms with Crippen molar-refractivity contribution >= 4 is 11.9 Å². The van der Waals surface area contributed by atoms with Crippen LogP contribution in [0.5, 0.6) is 0 Å². The number of carbonyl (C=O) groups is 2. The monoisotopic (exact) mass is 1160 g/mol. The van der Waals surface area contributed by atoms with Gasteiger partial charge >= 0.3 is 5.97 Å². The Hall–Kier alpha value is -2.44. The quantitative estimate of drug-likeness (QED) is 0.0320. The number of carbonyl (C=O) groups excluding carboxylic acids is 2. The fraction of sp³-hybridized carbons (Fsp3) is 0.844. The lowest BCUT2D eigenvalue weighted by atomic mass is 10.0. The minimum absolute atomic E-state index is 0.00481. The number of aliphatic hydroxyl groups is 2. The molecule has 0 saturated carbocycles. The van der Waals surface area contributed by atoms with Gasteiger partial charge < -0.3 is 20.3 Å². The Bertz CT molecular complexity index is 1430. The van der Waals surface area contributed by atoms with Gasteiger partial charge in [-0.1, -0.05) is 344 Å². The molecular formula is C77H143NO5. The third kappa shape index (κ3) is 68.5. The molecule has 0 aliphatic rings. The first kappa shape index (κ1) is 80.6. The lowest BCUT2D eigenvalue weighted by molar-refractivity contribution is -0.143. The molecule has 0 radical (unpaired) electrons. The third-order valence-corrected chi connectivity index (χ3v) is 17.0. The van der Waals surface area contributed by atoms with Gasteiger partial charge in [0, 0.05) is 12.8 Å². The van der Waals surface area contributed by atoms with E-state index in [1.54, 1.807) is 6.08 Å². The van der Waals surface area contributed by atoms with Crippen molar-refractivity contribution in [2.24, 2.45) is 0 Å². The molecule has 2 atom stereocenters. The minimum Gasteiger partial charge on any atom is -0.466 e. The van der Waals surface area contributed by atoms with Crippen LogP contribution < -0.4 is 5.32 Å². The second-order valence-corrected chi connectivity index (χ2v) is 25.3. The maximum Gasteiger partial charge on any atom is 0.305 e. The van der Waals surface area contributed by atoms with Crippen LogP contribution in [0, 0.1) is 0 Å². The lowest BCUT2D eigenvalue weighted by Crippen LogP contribution is -2.45. The highest BCUT2D eigenvalue weighted by molar-refractivity contribution is 5.76. The maximum absolute atomic E-state index is 12.5. The average molecular weight is 1160 g/mol. The predicted octanol–water partition coefficient (Wildman–Crippen LogP) is 24.2. The summed E-state index contributed by atoms with van der Waals surface area (Å²) in [6.07, 6.45) is 95.9. The van der Waals surface area contributed by atoms with Crippen molar-refractivity contribution in [1.29, 1.82) is 0 Å². The van der Waals surface area contributed by atoms with E-state index in [-0.39, 0.29) is 18.5 Å². The van der Waals surface area contributed by atoms with E-state index in [0.717, 1.165) is 57.8 Å². The predicted molar refractivity (Wildman–Crippen MR) is 365 cm³/mol. The second-order valence-electron chi connectivity index (χ2n) is 25.3. The Balaban J connectivity index is 3.47. The van der Waals surface area contributed by atoms with E-state index < -0.39 is 12.1 Å². The topological polar surface area (TPSA) is 95.9 Å². The number of esters is 1. The van der Waals surface area contributed by atoms with Crippen molar-refractivity contribution in [3.8, 4) is 0 Å². The molecule has 0 aromatic rings. The molecule has 1 amide bonds. The summed E-state index contributed by atoms with van der Waals surface area (Å²) < 4.78 is 5.48. The SMILES string of the molecule is CCCCCC/C=C\C/C=C\CCCCCCCC(=O)OCCCCCCCCCCC/C=C\C/C=C\CCCCCCCCCCCC(=O)NC(CO)C(O)/C=C/CCCCCCCCCCCCCCCCCCCCCCCCC. The van der Waals surface area contributed by atoms with Crippen LogP contribution in [0.25, 0.3) is 0 Å². The molecule has 486 valence electrons. The van der Waals surface area contributed by atoms with Gasteiger partial charge in [0.1, 0.15) is 0 Å². The van der Waals surface area contributed by atoms with E-state index in [2.05, 4.69) is 67.8 Å². The smallest absolute Gasteiger partial charge is 0.305 e. The first-order chi connectivity index (χ1) is 41.0. The zero-order valence-electron chi connectivity index (χ0n) is 55.7. The summed E-state index contributed by atoms with van der Waals surface area (Å²) in [7, 11) is 0. The number of rotatable bonds is 69. The fourth-order valence-electron chi connectivity index (χ4n) is 11.3. The summed E-state index contributed by atoms with van der Waals surface area (Å²) in [6, 6.07) is -0.636. The molecule has 83 heavy (non-hydrogen) atoms. The average Bonchev–Trinajstić information content (AvgIpc) is 3.49. The zero-order chi connectivity index (χ0) is 59.9. The van der Waals surface area contributed by atoms with Crippen molar-refractivity contribution in [3.05, 3.63) is 60.8 Å². The molecule has 0 fully saturated rings. The first-order valence-corrected chi connectivity index (χ1v) is 37.1. The van der Waals surface area contributed by atoms with Gasteiger partial charge in [0.15, 0.2) is 0 Å². The first-order valence-electron chi connectivity index (χ1n) is 37.1. The molecule has 0 aliphatic heterocycles. The van der Waals surface area contributed by atoms with Crippen molar-refractivity contribution in [1.82, 2.24) is 5.32 Å². The van der Waals surface area contributed by atoms with Gasteiger partial charge in [-0.25, -0.2) is 0 Å². The lowest BCUT2D eigenvalue weighted by Gasteiger charge is -2.20. The largest absolute Gasteiger partial charge is 0.466 e. The van der Waals surface area contributed by atoms with Crippen LogP contribution in [0.15, 0.2) is 60.8 Å². The molecule has 0 heterocycles.